The summed E-state index contributed by atoms with van der Waals surface area (Å²) in [6.07, 6.45) is 2.66. The highest BCUT2D eigenvalue weighted by Crippen LogP contribution is 2.33. The zero-order valence-electron chi connectivity index (χ0n) is 15.5. The zero-order valence-corrected chi connectivity index (χ0v) is 15.5. The first-order chi connectivity index (χ1) is 12.7. The van der Waals surface area contributed by atoms with Crippen molar-refractivity contribution in [3.63, 3.8) is 0 Å². The molecular formula is C22H27N3O. The van der Waals surface area contributed by atoms with Gasteiger partial charge in [-0.25, -0.2) is 0 Å². The molecule has 2 aliphatic rings. The fourth-order valence-corrected chi connectivity index (χ4v) is 3.98. The molecule has 0 saturated carbocycles. The topological polar surface area (TPSA) is 26.8 Å². The van der Waals surface area contributed by atoms with Crippen molar-refractivity contribution in [3.8, 4) is 0 Å². The maximum absolute atomic E-state index is 13.0. The molecule has 1 saturated heterocycles. The van der Waals surface area contributed by atoms with Crippen molar-refractivity contribution >= 4 is 17.3 Å². The Kier molecular flexibility index (Phi) is 4.93. The Bertz CT molecular complexity index is 765. The number of nitrogens with zero attached hydrogens (tertiary/aromatic N) is 3. The third kappa shape index (κ3) is 3.47. The molecule has 2 aromatic carbocycles. The smallest absolute Gasteiger partial charge is 0.258 e. The molecule has 1 amide bonds. The first-order valence-corrected chi connectivity index (χ1v) is 9.67. The normalized spacial score (nSPS) is 17.4. The molecule has 4 nitrogen and oxygen atoms in total. The van der Waals surface area contributed by atoms with Gasteiger partial charge in [-0.2, -0.15) is 0 Å². The molecular weight excluding hydrogens is 322 g/mol. The van der Waals surface area contributed by atoms with Gasteiger partial charge in [-0.15, -0.1) is 0 Å². The highest BCUT2D eigenvalue weighted by Gasteiger charge is 2.27. The van der Waals surface area contributed by atoms with E-state index < -0.39 is 0 Å². The summed E-state index contributed by atoms with van der Waals surface area (Å²) in [6.45, 7) is 8.28. The number of aryl methyl sites for hydroxylation is 1. The van der Waals surface area contributed by atoms with E-state index in [1.54, 1.807) is 0 Å². The Balaban J connectivity index is 1.53. The van der Waals surface area contributed by atoms with Gasteiger partial charge in [0, 0.05) is 31.7 Å². The number of fused-ring (bicyclic) bond motifs is 1. The maximum atomic E-state index is 13.0. The summed E-state index contributed by atoms with van der Waals surface area (Å²) in [5.41, 5.74) is 4.15. The third-order valence-electron chi connectivity index (χ3n) is 5.54. The molecule has 0 aliphatic carbocycles. The van der Waals surface area contributed by atoms with Crippen molar-refractivity contribution in [2.24, 2.45) is 0 Å². The number of anilines is 2. The van der Waals surface area contributed by atoms with E-state index in [2.05, 4.69) is 28.0 Å². The Labute approximate surface area is 156 Å². The molecule has 0 radical (unpaired) electrons. The summed E-state index contributed by atoms with van der Waals surface area (Å²) < 4.78 is 0. The molecule has 4 heteroatoms. The van der Waals surface area contributed by atoms with Gasteiger partial charge in [0.2, 0.25) is 0 Å². The minimum absolute atomic E-state index is 0.0941. The molecule has 136 valence electrons. The van der Waals surface area contributed by atoms with Gasteiger partial charge in [0.05, 0.1) is 11.4 Å². The Morgan fingerprint density at radius 2 is 1.54 bits per heavy atom. The molecule has 0 N–H and O–H groups in total. The van der Waals surface area contributed by atoms with Crippen LogP contribution in [0.2, 0.25) is 0 Å². The van der Waals surface area contributed by atoms with E-state index in [1.807, 2.05) is 42.2 Å². The number of carbonyl (C=O) groups excluding carboxylic acids is 1. The fraction of sp³-hybridized carbons (Fsp3) is 0.409. The average Bonchev–Trinajstić information content (AvgIpc) is 3.20. The van der Waals surface area contributed by atoms with Crippen molar-refractivity contribution in [1.29, 1.82) is 0 Å². The second kappa shape index (κ2) is 7.50. The summed E-state index contributed by atoms with van der Waals surface area (Å²) in [7, 11) is 0. The minimum Gasteiger partial charge on any atom is -0.367 e. The molecule has 2 aliphatic heterocycles. The number of benzene rings is 2. The van der Waals surface area contributed by atoms with Crippen LogP contribution in [0.25, 0.3) is 0 Å². The van der Waals surface area contributed by atoms with Gasteiger partial charge in [0.25, 0.3) is 5.91 Å². The van der Waals surface area contributed by atoms with E-state index in [-0.39, 0.29) is 5.91 Å². The maximum Gasteiger partial charge on any atom is 0.258 e. The molecule has 0 bridgehead atoms. The third-order valence-corrected chi connectivity index (χ3v) is 5.54. The van der Waals surface area contributed by atoms with Gasteiger partial charge < -0.3 is 14.7 Å². The Morgan fingerprint density at radius 1 is 0.846 bits per heavy atom. The highest BCUT2D eigenvalue weighted by atomic mass is 16.2. The zero-order chi connectivity index (χ0) is 17.9. The van der Waals surface area contributed by atoms with Gasteiger partial charge in [-0.1, -0.05) is 29.8 Å². The monoisotopic (exact) mass is 349 g/mol. The van der Waals surface area contributed by atoms with Gasteiger partial charge >= 0.3 is 0 Å². The van der Waals surface area contributed by atoms with Gasteiger partial charge in [-0.3, -0.25) is 4.79 Å². The largest absolute Gasteiger partial charge is 0.367 e. The number of rotatable bonds is 4. The van der Waals surface area contributed by atoms with Crippen LogP contribution in [0.4, 0.5) is 11.4 Å². The molecule has 0 aromatic heterocycles. The van der Waals surface area contributed by atoms with Crippen LogP contribution in [0, 0.1) is 6.92 Å². The number of para-hydroxylation sites is 2. The lowest BCUT2D eigenvalue weighted by Gasteiger charge is -2.38. The van der Waals surface area contributed by atoms with Crippen LogP contribution in [0.5, 0.6) is 0 Å². The predicted octanol–water partition coefficient (Wildman–Crippen LogP) is 3.56. The van der Waals surface area contributed by atoms with Crippen molar-refractivity contribution in [3.05, 3.63) is 59.7 Å². The van der Waals surface area contributed by atoms with Gasteiger partial charge in [0.15, 0.2) is 0 Å². The van der Waals surface area contributed by atoms with Crippen LogP contribution in [0.3, 0.4) is 0 Å². The first kappa shape index (κ1) is 17.1. The lowest BCUT2D eigenvalue weighted by molar-refractivity contribution is 0.0986. The van der Waals surface area contributed by atoms with Crippen LogP contribution in [0.15, 0.2) is 48.5 Å². The van der Waals surface area contributed by atoms with Crippen LogP contribution in [-0.2, 0) is 0 Å². The van der Waals surface area contributed by atoms with E-state index >= 15 is 0 Å². The van der Waals surface area contributed by atoms with Crippen molar-refractivity contribution < 1.29 is 4.79 Å². The summed E-state index contributed by atoms with van der Waals surface area (Å²) in [5.74, 6) is 0.0941. The first-order valence-electron chi connectivity index (χ1n) is 9.67. The Morgan fingerprint density at radius 3 is 2.27 bits per heavy atom. The van der Waals surface area contributed by atoms with Crippen molar-refractivity contribution in [2.75, 3.05) is 49.1 Å². The van der Waals surface area contributed by atoms with Crippen LogP contribution in [0.1, 0.15) is 28.8 Å². The Hall–Kier alpha value is -2.33. The second-order valence-corrected chi connectivity index (χ2v) is 7.35. The average molecular weight is 349 g/mol. The molecule has 26 heavy (non-hydrogen) atoms. The van der Waals surface area contributed by atoms with Gasteiger partial charge in [-0.05, 0) is 57.1 Å². The van der Waals surface area contributed by atoms with Crippen LogP contribution in [-0.4, -0.2) is 50.1 Å². The molecule has 0 atom stereocenters. The summed E-state index contributed by atoms with van der Waals surface area (Å²) in [4.78, 5) is 20.0. The predicted molar refractivity (Wildman–Crippen MR) is 107 cm³/mol. The van der Waals surface area contributed by atoms with Crippen molar-refractivity contribution in [1.82, 2.24) is 4.90 Å². The van der Waals surface area contributed by atoms with E-state index in [0.29, 0.717) is 0 Å². The highest BCUT2D eigenvalue weighted by molar-refractivity contribution is 6.08. The molecule has 1 fully saturated rings. The summed E-state index contributed by atoms with van der Waals surface area (Å²) >= 11 is 0. The quantitative estimate of drug-likeness (QED) is 0.844. The van der Waals surface area contributed by atoms with Crippen molar-refractivity contribution in [2.45, 2.75) is 19.8 Å². The number of hydrogen-bond acceptors (Lipinski definition) is 3. The second-order valence-electron chi connectivity index (χ2n) is 7.35. The SMILES string of the molecule is Cc1ccc(C(=O)N2CCN(CCN3CCCC3)c3ccccc32)cc1. The number of hydrogen-bond donors (Lipinski definition) is 0. The molecule has 0 unspecified atom stereocenters. The molecule has 4 rings (SSSR count). The fourth-order valence-electron chi connectivity index (χ4n) is 3.98. The minimum atomic E-state index is 0.0941. The number of amides is 1. The van der Waals surface area contributed by atoms with Gasteiger partial charge in [0.1, 0.15) is 0 Å². The molecule has 2 aromatic rings. The van der Waals surface area contributed by atoms with E-state index in [4.69, 9.17) is 0 Å². The number of likely N-dealkylation sites (tertiary alicyclic amines) is 1. The van der Waals surface area contributed by atoms with Crippen LogP contribution >= 0.6 is 0 Å². The molecule has 0 spiro atoms. The lowest BCUT2D eigenvalue weighted by Crippen LogP contribution is -2.46. The summed E-state index contributed by atoms with van der Waals surface area (Å²) in [5, 5.41) is 0. The number of carbonyl (C=O) groups is 1. The van der Waals surface area contributed by atoms with E-state index in [9.17, 15) is 4.79 Å². The standard InChI is InChI=1S/C22H27N3O/c1-18-8-10-19(11-9-18)22(26)25-17-16-24(15-14-23-12-4-5-13-23)20-6-2-3-7-21(20)25/h2-3,6-11H,4-5,12-17H2,1H3. The molecule has 2 heterocycles. The van der Waals surface area contributed by atoms with Crippen LogP contribution < -0.4 is 9.80 Å². The lowest BCUT2D eigenvalue weighted by atomic mass is 10.1. The van der Waals surface area contributed by atoms with E-state index in [0.717, 1.165) is 37.4 Å². The van der Waals surface area contributed by atoms with E-state index in [1.165, 1.54) is 37.2 Å². The summed E-state index contributed by atoms with van der Waals surface area (Å²) in [6, 6.07) is 16.2.